The molecule has 0 aliphatic carbocycles. The molecule has 0 aromatic heterocycles. The second-order valence-electron chi connectivity index (χ2n) is 4.52. The van der Waals surface area contributed by atoms with E-state index >= 15 is 0 Å². The highest BCUT2D eigenvalue weighted by atomic mass is 35.5. The van der Waals surface area contributed by atoms with E-state index in [4.69, 9.17) is 26.8 Å². The van der Waals surface area contributed by atoms with Crippen LogP contribution in [-0.2, 0) is 6.54 Å². The van der Waals surface area contributed by atoms with Crippen LogP contribution in [0.15, 0.2) is 30.3 Å². The molecular weight excluding hydrogens is 274 g/mol. The summed E-state index contributed by atoms with van der Waals surface area (Å²) in [5, 5.41) is 0.477. The van der Waals surface area contributed by atoms with Gasteiger partial charge in [-0.3, -0.25) is 0 Å². The number of hydrogen-bond donors (Lipinski definition) is 1. The minimum absolute atomic E-state index is 0.477. The predicted octanol–water partition coefficient (Wildman–Crippen LogP) is 3.79. The smallest absolute Gasteiger partial charge is 0.149 e. The molecule has 0 heterocycles. The molecule has 0 radical (unpaired) electrons. The SMILES string of the molecule is COc1ccc(-c2cc(CN)ccc2C)c(OC)c1Cl. The molecule has 0 aliphatic rings. The number of methoxy groups -OCH3 is 2. The standard InChI is InChI=1S/C16H18ClNO2/c1-10-4-5-11(9-18)8-13(10)12-6-7-14(19-2)15(17)16(12)20-3/h4-8H,9,18H2,1-3H3. The van der Waals surface area contributed by atoms with E-state index in [9.17, 15) is 0 Å². The van der Waals surface area contributed by atoms with E-state index in [1.807, 2.05) is 25.1 Å². The minimum atomic E-state index is 0.477. The van der Waals surface area contributed by atoms with Gasteiger partial charge in [0.05, 0.1) is 14.2 Å². The Morgan fingerprint density at radius 2 is 1.80 bits per heavy atom. The zero-order valence-corrected chi connectivity index (χ0v) is 12.6. The summed E-state index contributed by atoms with van der Waals surface area (Å²) in [6.07, 6.45) is 0. The van der Waals surface area contributed by atoms with Crippen molar-refractivity contribution in [1.29, 1.82) is 0 Å². The van der Waals surface area contributed by atoms with E-state index in [0.29, 0.717) is 23.1 Å². The summed E-state index contributed by atoms with van der Waals surface area (Å²) in [4.78, 5) is 0. The average Bonchev–Trinajstić information content (AvgIpc) is 2.47. The molecule has 0 fully saturated rings. The minimum Gasteiger partial charge on any atom is -0.495 e. The third-order valence-corrected chi connectivity index (χ3v) is 3.67. The molecule has 0 unspecified atom stereocenters. The predicted molar refractivity (Wildman–Crippen MR) is 82.6 cm³/mol. The van der Waals surface area contributed by atoms with E-state index in [1.54, 1.807) is 14.2 Å². The summed E-state index contributed by atoms with van der Waals surface area (Å²) in [6, 6.07) is 9.93. The lowest BCUT2D eigenvalue weighted by molar-refractivity contribution is 0.396. The summed E-state index contributed by atoms with van der Waals surface area (Å²) in [7, 11) is 3.19. The van der Waals surface area contributed by atoms with Gasteiger partial charge in [-0.15, -0.1) is 0 Å². The summed E-state index contributed by atoms with van der Waals surface area (Å²) in [5.74, 6) is 1.21. The Labute approximate surface area is 124 Å². The number of halogens is 1. The summed E-state index contributed by atoms with van der Waals surface area (Å²) in [6.45, 7) is 2.55. The van der Waals surface area contributed by atoms with Gasteiger partial charge in [-0.1, -0.05) is 23.7 Å². The molecule has 0 amide bonds. The molecule has 0 aliphatic heterocycles. The Morgan fingerprint density at radius 3 is 2.40 bits per heavy atom. The monoisotopic (exact) mass is 291 g/mol. The largest absolute Gasteiger partial charge is 0.495 e. The lowest BCUT2D eigenvalue weighted by Crippen LogP contribution is -1.98. The van der Waals surface area contributed by atoms with Crippen molar-refractivity contribution in [3.63, 3.8) is 0 Å². The average molecular weight is 292 g/mol. The summed E-state index contributed by atoms with van der Waals surface area (Å²) >= 11 is 6.32. The first kappa shape index (κ1) is 14.7. The third kappa shape index (κ3) is 2.60. The van der Waals surface area contributed by atoms with Gasteiger partial charge in [-0.05, 0) is 41.8 Å². The molecule has 106 valence electrons. The first-order chi connectivity index (χ1) is 9.62. The fraction of sp³-hybridized carbons (Fsp3) is 0.250. The number of hydrogen-bond acceptors (Lipinski definition) is 3. The summed E-state index contributed by atoms with van der Waals surface area (Å²) < 4.78 is 10.7. The van der Waals surface area contributed by atoms with Crippen LogP contribution >= 0.6 is 11.6 Å². The van der Waals surface area contributed by atoms with E-state index < -0.39 is 0 Å². The maximum absolute atomic E-state index is 6.32. The molecule has 0 atom stereocenters. The molecule has 2 aromatic rings. The second kappa shape index (κ2) is 6.16. The number of rotatable bonds is 4. The van der Waals surface area contributed by atoms with Gasteiger partial charge >= 0.3 is 0 Å². The van der Waals surface area contributed by atoms with Crippen LogP contribution in [0.25, 0.3) is 11.1 Å². The molecule has 2 N–H and O–H groups in total. The second-order valence-corrected chi connectivity index (χ2v) is 4.89. The fourth-order valence-electron chi connectivity index (χ4n) is 2.19. The van der Waals surface area contributed by atoms with Crippen molar-refractivity contribution in [2.24, 2.45) is 5.73 Å². The molecular formula is C16H18ClNO2. The van der Waals surface area contributed by atoms with Crippen molar-refractivity contribution in [2.75, 3.05) is 14.2 Å². The number of aryl methyl sites for hydroxylation is 1. The molecule has 3 nitrogen and oxygen atoms in total. The van der Waals surface area contributed by atoms with E-state index in [-0.39, 0.29) is 0 Å². The van der Waals surface area contributed by atoms with Gasteiger partial charge in [0, 0.05) is 12.1 Å². The maximum atomic E-state index is 6.32. The fourth-order valence-corrected chi connectivity index (χ4v) is 2.51. The van der Waals surface area contributed by atoms with Crippen LogP contribution < -0.4 is 15.2 Å². The highest BCUT2D eigenvalue weighted by Gasteiger charge is 2.16. The van der Waals surface area contributed by atoms with Gasteiger partial charge in [0.25, 0.3) is 0 Å². The quantitative estimate of drug-likeness (QED) is 0.932. The molecule has 0 saturated heterocycles. The molecule has 0 bridgehead atoms. The molecule has 20 heavy (non-hydrogen) atoms. The van der Waals surface area contributed by atoms with E-state index in [1.165, 1.54) is 0 Å². The first-order valence-electron chi connectivity index (χ1n) is 6.32. The Kier molecular flexibility index (Phi) is 4.53. The van der Waals surface area contributed by atoms with E-state index in [2.05, 4.69) is 12.1 Å². The van der Waals surface area contributed by atoms with Crippen molar-refractivity contribution in [2.45, 2.75) is 13.5 Å². The zero-order chi connectivity index (χ0) is 14.7. The first-order valence-corrected chi connectivity index (χ1v) is 6.70. The Bertz CT molecular complexity index is 626. The number of benzene rings is 2. The zero-order valence-electron chi connectivity index (χ0n) is 11.9. The van der Waals surface area contributed by atoms with Crippen LogP contribution in [0.5, 0.6) is 11.5 Å². The normalized spacial score (nSPS) is 10.4. The van der Waals surface area contributed by atoms with Gasteiger partial charge in [0.15, 0.2) is 0 Å². The molecule has 2 aromatic carbocycles. The van der Waals surface area contributed by atoms with Crippen molar-refractivity contribution < 1.29 is 9.47 Å². The molecule has 0 spiro atoms. The van der Waals surface area contributed by atoms with Gasteiger partial charge < -0.3 is 15.2 Å². The lowest BCUT2D eigenvalue weighted by Gasteiger charge is -2.15. The number of nitrogens with two attached hydrogens (primary N) is 1. The van der Waals surface area contributed by atoms with Gasteiger partial charge in [0.2, 0.25) is 0 Å². The van der Waals surface area contributed by atoms with Crippen LogP contribution in [0.2, 0.25) is 5.02 Å². The maximum Gasteiger partial charge on any atom is 0.149 e. The van der Waals surface area contributed by atoms with Gasteiger partial charge in [-0.25, -0.2) is 0 Å². The third-order valence-electron chi connectivity index (χ3n) is 3.31. The molecule has 4 heteroatoms. The van der Waals surface area contributed by atoms with Gasteiger partial charge in [-0.2, -0.15) is 0 Å². The van der Waals surface area contributed by atoms with Crippen LogP contribution in [0.4, 0.5) is 0 Å². The molecule has 2 rings (SSSR count). The lowest BCUT2D eigenvalue weighted by atomic mass is 9.97. The highest BCUT2D eigenvalue weighted by Crippen LogP contribution is 2.42. The van der Waals surface area contributed by atoms with Crippen molar-refractivity contribution in [1.82, 2.24) is 0 Å². The number of ether oxygens (including phenoxy) is 2. The Hall–Kier alpha value is -1.71. The highest BCUT2D eigenvalue weighted by molar-refractivity contribution is 6.34. The van der Waals surface area contributed by atoms with E-state index in [0.717, 1.165) is 22.3 Å². The molecule has 0 saturated carbocycles. The summed E-state index contributed by atoms with van der Waals surface area (Å²) in [5.41, 5.74) is 9.93. The van der Waals surface area contributed by atoms with Crippen molar-refractivity contribution >= 4 is 11.6 Å². The van der Waals surface area contributed by atoms with Crippen molar-refractivity contribution in [3.8, 4) is 22.6 Å². The van der Waals surface area contributed by atoms with Crippen LogP contribution in [0, 0.1) is 6.92 Å². The van der Waals surface area contributed by atoms with Crippen LogP contribution in [0.3, 0.4) is 0 Å². The van der Waals surface area contributed by atoms with Crippen LogP contribution in [-0.4, -0.2) is 14.2 Å². The van der Waals surface area contributed by atoms with Crippen molar-refractivity contribution in [3.05, 3.63) is 46.5 Å². The topological polar surface area (TPSA) is 44.5 Å². The van der Waals surface area contributed by atoms with Crippen LogP contribution in [0.1, 0.15) is 11.1 Å². The van der Waals surface area contributed by atoms with Gasteiger partial charge in [0.1, 0.15) is 16.5 Å². The Morgan fingerprint density at radius 1 is 1.05 bits per heavy atom. The Balaban J connectivity index is 2.66.